The Labute approximate surface area is 104 Å². The summed E-state index contributed by atoms with van der Waals surface area (Å²) in [4.78, 5) is 1.96. The van der Waals surface area contributed by atoms with Crippen LogP contribution in [0.5, 0.6) is 0 Å². The molecule has 0 aromatic carbocycles. The molecule has 17 heavy (non-hydrogen) atoms. The van der Waals surface area contributed by atoms with Crippen LogP contribution in [0.2, 0.25) is 0 Å². The van der Waals surface area contributed by atoms with Crippen LogP contribution in [0.4, 0.5) is 8.78 Å². The van der Waals surface area contributed by atoms with Gasteiger partial charge in [-0.25, -0.2) is 8.78 Å². The van der Waals surface area contributed by atoms with Gasteiger partial charge in [-0.3, -0.25) is 4.90 Å². The Kier molecular flexibility index (Phi) is 6.34. The molecule has 0 spiro atoms. The minimum atomic E-state index is -2.26. The van der Waals surface area contributed by atoms with E-state index in [0.717, 1.165) is 38.6 Å². The summed E-state index contributed by atoms with van der Waals surface area (Å²) in [7, 11) is 0. The van der Waals surface area contributed by atoms with E-state index in [9.17, 15) is 8.78 Å². The van der Waals surface area contributed by atoms with E-state index in [1.165, 1.54) is 12.8 Å². The summed E-state index contributed by atoms with van der Waals surface area (Å²) in [6, 6.07) is 0. The van der Waals surface area contributed by atoms with Crippen LogP contribution >= 0.6 is 0 Å². The van der Waals surface area contributed by atoms with E-state index in [4.69, 9.17) is 5.73 Å². The van der Waals surface area contributed by atoms with Gasteiger partial charge in [-0.15, -0.1) is 0 Å². The van der Waals surface area contributed by atoms with Gasteiger partial charge in [0.15, 0.2) is 0 Å². The predicted octanol–water partition coefficient (Wildman–Crippen LogP) is 3.02. The molecule has 2 N–H and O–H groups in total. The highest BCUT2D eigenvalue weighted by Crippen LogP contribution is 2.32. The highest BCUT2D eigenvalue weighted by atomic mass is 19.3. The molecule has 0 radical (unpaired) electrons. The Morgan fingerprint density at radius 1 is 1.18 bits per heavy atom. The lowest BCUT2D eigenvalue weighted by Crippen LogP contribution is -2.55. The number of rotatable bonds is 6. The van der Waals surface area contributed by atoms with Crippen molar-refractivity contribution < 1.29 is 8.78 Å². The third-order valence-corrected chi connectivity index (χ3v) is 3.94. The second kappa shape index (κ2) is 7.27. The summed E-state index contributed by atoms with van der Waals surface area (Å²) in [5.74, 6) is 0. The highest BCUT2D eigenvalue weighted by Gasteiger charge is 2.36. The van der Waals surface area contributed by atoms with E-state index in [2.05, 4.69) is 0 Å². The first-order valence-electron chi connectivity index (χ1n) is 6.88. The van der Waals surface area contributed by atoms with Crippen molar-refractivity contribution in [1.29, 1.82) is 0 Å². The zero-order valence-electron chi connectivity index (χ0n) is 10.9. The average molecular weight is 248 g/mol. The molecule has 0 saturated heterocycles. The predicted molar refractivity (Wildman–Crippen MR) is 67.4 cm³/mol. The maximum absolute atomic E-state index is 12.7. The van der Waals surface area contributed by atoms with E-state index in [1.54, 1.807) is 0 Å². The Hall–Kier alpha value is -0.220. The van der Waals surface area contributed by atoms with E-state index in [0.29, 0.717) is 6.54 Å². The molecule has 1 fully saturated rings. The van der Waals surface area contributed by atoms with Crippen LogP contribution in [0.3, 0.4) is 0 Å². The second-order valence-corrected chi connectivity index (χ2v) is 5.18. The standard InChI is InChI=1S/C13H26F2N2/c1-2-9-17(10-12(14)15)13(11-16)7-5-3-4-6-8-13/h12H,2-11,16H2,1H3. The number of hydrogen-bond acceptors (Lipinski definition) is 2. The van der Waals surface area contributed by atoms with Gasteiger partial charge in [-0.2, -0.15) is 0 Å². The molecule has 0 atom stereocenters. The molecule has 0 aromatic rings. The topological polar surface area (TPSA) is 29.3 Å². The molecule has 0 amide bonds. The number of halogens is 2. The first-order chi connectivity index (χ1) is 8.14. The van der Waals surface area contributed by atoms with Crippen LogP contribution in [0.15, 0.2) is 0 Å². The zero-order chi connectivity index (χ0) is 12.7. The van der Waals surface area contributed by atoms with Gasteiger partial charge in [-0.1, -0.05) is 32.6 Å². The minimum Gasteiger partial charge on any atom is -0.329 e. The van der Waals surface area contributed by atoms with Gasteiger partial charge in [0.05, 0.1) is 6.54 Å². The first-order valence-corrected chi connectivity index (χ1v) is 6.88. The van der Waals surface area contributed by atoms with E-state index in [1.807, 2.05) is 11.8 Å². The first kappa shape index (κ1) is 14.8. The number of nitrogens with zero attached hydrogens (tertiary/aromatic N) is 1. The summed E-state index contributed by atoms with van der Waals surface area (Å²) >= 11 is 0. The summed E-state index contributed by atoms with van der Waals surface area (Å²) in [6.45, 7) is 3.17. The van der Waals surface area contributed by atoms with E-state index < -0.39 is 6.43 Å². The molecule has 2 nitrogen and oxygen atoms in total. The van der Waals surface area contributed by atoms with Gasteiger partial charge in [0.25, 0.3) is 6.43 Å². The minimum absolute atomic E-state index is 0.120. The fraction of sp³-hybridized carbons (Fsp3) is 1.00. The van der Waals surface area contributed by atoms with Crippen LogP contribution in [0.1, 0.15) is 51.9 Å². The van der Waals surface area contributed by atoms with E-state index in [-0.39, 0.29) is 12.1 Å². The fourth-order valence-electron chi connectivity index (χ4n) is 2.99. The lowest BCUT2D eigenvalue weighted by atomic mass is 9.88. The van der Waals surface area contributed by atoms with Gasteiger partial charge in [0, 0.05) is 12.1 Å². The molecule has 102 valence electrons. The lowest BCUT2D eigenvalue weighted by molar-refractivity contribution is 0.0134. The lowest BCUT2D eigenvalue weighted by Gasteiger charge is -2.43. The molecule has 0 aliphatic heterocycles. The fourth-order valence-corrected chi connectivity index (χ4v) is 2.99. The Balaban J connectivity index is 2.75. The molecule has 1 aliphatic carbocycles. The van der Waals surface area contributed by atoms with Gasteiger partial charge in [0.1, 0.15) is 0 Å². The van der Waals surface area contributed by atoms with Crippen molar-refractivity contribution in [1.82, 2.24) is 4.90 Å². The van der Waals surface area contributed by atoms with Crippen molar-refractivity contribution in [2.24, 2.45) is 5.73 Å². The second-order valence-electron chi connectivity index (χ2n) is 5.18. The summed E-state index contributed by atoms with van der Waals surface area (Å²) in [6.07, 6.45) is 5.31. The van der Waals surface area contributed by atoms with Crippen molar-refractivity contribution in [2.75, 3.05) is 19.6 Å². The number of alkyl halides is 2. The number of nitrogens with two attached hydrogens (primary N) is 1. The Morgan fingerprint density at radius 2 is 1.76 bits per heavy atom. The van der Waals surface area contributed by atoms with Gasteiger partial charge >= 0.3 is 0 Å². The quantitative estimate of drug-likeness (QED) is 0.732. The molecule has 4 heteroatoms. The molecular weight excluding hydrogens is 222 g/mol. The molecular formula is C13H26F2N2. The summed E-state index contributed by atoms with van der Waals surface area (Å²) in [5.41, 5.74) is 5.76. The maximum Gasteiger partial charge on any atom is 0.251 e. The van der Waals surface area contributed by atoms with Crippen molar-refractivity contribution in [2.45, 2.75) is 63.8 Å². The van der Waals surface area contributed by atoms with Crippen LogP contribution in [-0.2, 0) is 0 Å². The molecule has 0 aromatic heterocycles. The SMILES string of the molecule is CCCN(CC(F)F)C1(CN)CCCCCC1. The average Bonchev–Trinajstić information content (AvgIpc) is 2.54. The monoisotopic (exact) mass is 248 g/mol. The van der Waals surface area contributed by atoms with Crippen molar-refractivity contribution in [3.05, 3.63) is 0 Å². The highest BCUT2D eigenvalue weighted by molar-refractivity contribution is 4.93. The molecule has 1 saturated carbocycles. The summed E-state index contributed by atoms with van der Waals surface area (Å²) in [5, 5.41) is 0. The van der Waals surface area contributed by atoms with Gasteiger partial charge in [-0.05, 0) is 25.8 Å². The van der Waals surface area contributed by atoms with Crippen molar-refractivity contribution >= 4 is 0 Å². The van der Waals surface area contributed by atoms with Gasteiger partial charge in [0.2, 0.25) is 0 Å². The smallest absolute Gasteiger partial charge is 0.251 e. The largest absolute Gasteiger partial charge is 0.329 e. The molecule has 0 unspecified atom stereocenters. The van der Waals surface area contributed by atoms with E-state index >= 15 is 0 Å². The Bertz CT molecular complexity index is 202. The molecule has 1 rings (SSSR count). The molecule has 0 heterocycles. The molecule has 1 aliphatic rings. The maximum atomic E-state index is 12.7. The van der Waals surface area contributed by atoms with Crippen molar-refractivity contribution in [3.8, 4) is 0 Å². The third-order valence-electron chi connectivity index (χ3n) is 3.94. The number of hydrogen-bond donors (Lipinski definition) is 1. The normalized spacial score (nSPS) is 20.8. The van der Waals surface area contributed by atoms with Crippen LogP contribution in [0, 0.1) is 0 Å². The molecule has 0 bridgehead atoms. The van der Waals surface area contributed by atoms with Gasteiger partial charge < -0.3 is 5.73 Å². The Morgan fingerprint density at radius 3 is 2.18 bits per heavy atom. The van der Waals surface area contributed by atoms with Crippen LogP contribution in [0.25, 0.3) is 0 Å². The summed E-state index contributed by atoms with van der Waals surface area (Å²) < 4.78 is 25.4. The third kappa shape index (κ3) is 4.18. The van der Waals surface area contributed by atoms with Crippen LogP contribution < -0.4 is 5.73 Å². The van der Waals surface area contributed by atoms with Crippen LogP contribution in [-0.4, -0.2) is 36.5 Å². The van der Waals surface area contributed by atoms with Crippen molar-refractivity contribution in [3.63, 3.8) is 0 Å². The zero-order valence-corrected chi connectivity index (χ0v) is 10.9.